The fourth-order valence-corrected chi connectivity index (χ4v) is 3.64. The quantitative estimate of drug-likeness (QED) is 0.651. The first-order valence-electron chi connectivity index (χ1n) is 10.2. The third kappa shape index (κ3) is 4.70. The molecular weight excluding hydrogens is 408 g/mol. The van der Waals surface area contributed by atoms with E-state index < -0.39 is 11.9 Å². The number of carbonyl (C=O) groups is 1. The number of allylic oxidation sites excluding steroid dienone is 2. The molecule has 0 saturated carbocycles. The summed E-state index contributed by atoms with van der Waals surface area (Å²) in [6.07, 6.45) is 0. The Morgan fingerprint density at radius 2 is 1.97 bits per heavy atom. The lowest BCUT2D eigenvalue weighted by atomic mass is 9.83. The first kappa shape index (κ1) is 22.8. The van der Waals surface area contributed by atoms with Crippen LogP contribution >= 0.6 is 0 Å². The minimum atomic E-state index is -0.750. The van der Waals surface area contributed by atoms with E-state index in [1.807, 2.05) is 31.2 Å². The highest BCUT2D eigenvalue weighted by atomic mass is 16.5. The molecule has 166 valence electrons. The van der Waals surface area contributed by atoms with Gasteiger partial charge >= 0.3 is 5.97 Å². The summed E-state index contributed by atoms with van der Waals surface area (Å²) in [5.41, 5.74) is 9.12. The molecule has 1 heterocycles. The number of hydrogen-bond acceptors (Lipinski definition) is 7. The van der Waals surface area contributed by atoms with Gasteiger partial charge < -0.3 is 24.7 Å². The zero-order chi connectivity index (χ0) is 23.3. The second kappa shape index (κ2) is 9.92. The number of esters is 1. The van der Waals surface area contributed by atoms with Crippen LogP contribution in [0.4, 0.5) is 0 Å². The van der Waals surface area contributed by atoms with Crippen molar-refractivity contribution >= 4 is 5.97 Å². The largest absolute Gasteiger partial charge is 0.493 e. The number of nitrogens with two attached hydrogens (primary N) is 1. The van der Waals surface area contributed by atoms with Gasteiger partial charge in [0.2, 0.25) is 5.88 Å². The Hall–Kier alpha value is -3.92. The highest BCUT2D eigenvalue weighted by Gasteiger charge is 2.36. The van der Waals surface area contributed by atoms with Crippen LogP contribution in [0.15, 0.2) is 65.3 Å². The number of benzene rings is 2. The van der Waals surface area contributed by atoms with Gasteiger partial charge in [-0.05, 0) is 44.0 Å². The van der Waals surface area contributed by atoms with E-state index in [4.69, 9.17) is 24.7 Å². The summed E-state index contributed by atoms with van der Waals surface area (Å²) in [5.74, 6) is -0.0468. The molecule has 32 heavy (non-hydrogen) atoms. The van der Waals surface area contributed by atoms with E-state index in [1.54, 1.807) is 39.2 Å². The standard InChI is InChI=1S/C25H26N2O5/c1-5-30-25(28)22-16(3)32-24(27)19(13-26)23(22)18-9-10-20(29-4)21(12-18)31-14-17-8-6-7-15(2)11-17/h6-12,23H,5,14,27H2,1-4H3. The molecule has 1 unspecified atom stereocenters. The highest BCUT2D eigenvalue weighted by molar-refractivity contribution is 5.92. The third-order valence-corrected chi connectivity index (χ3v) is 5.10. The smallest absolute Gasteiger partial charge is 0.338 e. The van der Waals surface area contributed by atoms with Crippen molar-refractivity contribution in [3.63, 3.8) is 0 Å². The molecule has 0 spiro atoms. The molecule has 3 rings (SSSR count). The van der Waals surface area contributed by atoms with Crippen molar-refractivity contribution in [1.29, 1.82) is 5.26 Å². The average Bonchev–Trinajstić information content (AvgIpc) is 2.77. The molecule has 7 heteroatoms. The van der Waals surface area contributed by atoms with Crippen molar-refractivity contribution in [2.75, 3.05) is 13.7 Å². The van der Waals surface area contributed by atoms with Gasteiger partial charge in [0, 0.05) is 0 Å². The molecule has 0 aromatic heterocycles. The van der Waals surface area contributed by atoms with Gasteiger partial charge in [0.05, 0.1) is 25.2 Å². The second-order valence-corrected chi connectivity index (χ2v) is 7.30. The van der Waals surface area contributed by atoms with Crippen LogP contribution in [0.3, 0.4) is 0 Å². The first-order valence-corrected chi connectivity index (χ1v) is 10.2. The van der Waals surface area contributed by atoms with E-state index in [0.717, 1.165) is 11.1 Å². The van der Waals surface area contributed by atoms with Gasteiger partial charge in [-0.15, -0.1) is 0 Å². The fraction of sp³-hybridized carbons (Fsp3) is 0.280. The van der Waals surface area contributed by atoms with Crippen molar-refractivity contribution in [1.82, 2.24) is 0 Å². The lowest BCUT2D eigenvalue weighted by Crippen LogP contribution is -2.25. The van der Waals surface area contributed by atoms with Gasteiger partial charge in [-0.2, -0.15) is 5.26 Å². The van der Waals surface area contributed by atoms with Crippen LogP contribution in [0.5, 0.6) is 11.5 Å². The lowest BCUT2D eigenvalue weighted by molar-refractivity contribution is -0.139. The molecule has 2 aromatic carbocycles. The average molecular weight is 434 g/mol. The van der Waals surface area contributed by atoms with Gasteiger partial charge in [-0.25, -0.2) is 4.79 Å². The van der Waals surface area contributed by atoms with Crippen LogP contribution in [0.1, 0.15) is 36.5 Å². The van der Waals surface area contributed by atoms with Crippen LogP contribution < -0.4 is 15.2 Å². The Morgan fingerprint density at radius 3 is 2.62 bits per heavy atom. The molecule has 2 aromatic rings. The molecule has 0 bridgehead atoms. The van der Waals surface area contributed by atoms with Crippen molar-refractivity contribution in [2.24, 2.45) is 5.73 Å². The Bertz CT molecular complexity index is 1130. The maximum atomic E-state index is 12.7. The van der Waals surface area contributed by atoms with Gasteiger partial charge in [-0.3, -0.25) is 0 Å². The van der Waals surface area contributed by atoms with E-state index in [-0.39, 0.29) is 23.6 Å². The molecule has 1 atom stereocenters. The van der Waals surface area contributed by atoms with Gasteiger partial charge in [0.15, 0.2) is 11.5 Å². The SMILES string of the molecule is CCOC(=O)C1=C(C)OC(N)=C(C#N)C1c1ccc(OC)c(OCc2cccc(C)c2)c1. The predicted molar refractivity (Wildman–Crippen MR) is 118 cm³/mol. The maximum absolute atomic E-state index is 12.7. The molecule has 0 saturated heterocycles. The van der Waals surface area contributed by atoms with Crippen molar-refractivity contribution in [2.45, 2.75) is 33.3 Å². The molecule has 2 N–H and O–H groups in total. The number of aryl methyl sites for hydroxylation is 1. The number of nitriles is 1. The molecule has 1 aliphatic heterocycles. The zero-order valence-corrected chi connectivity index (χ0v) is 18.6. The minimum absolute atomic E-state index is 0.0407. The van der Waals surface area contributed by atoms with E-state index in [0.29, 0.717) is 29.4 Å². The topological polar surface area (TPSA) is 104 Å². The van der Waals surface area contributed by atoms with Gasteiger partial charge in [-0.1, -0.05) is 35.9 Å². The van der Waals surface area contributed by atoms with Crippen molar-refractivity contribution in [3.8, 4) is 17.6 Å². The van der Waals surface area contributed by atoms with Crippen molar-refractivity contribution < 1.29 is 23.7 Å². The van der Waals surface area contributed by atoms with Crippen LogP contribution in [0, 0.1) is 18.3 Å². The summed E-state index contributed by atoms with van der Waals surface area (Å²) in [5, 5.41) is 9.76. The number of hydrogen-bond donors (Lipinski definition) is 1. The van der Waals surface area contributed by atoms with E-state index in [1.165, 1.54) is 0 Å². The number of nitrogens with zero attached hydrogens (tertiary/aromatic N) is 1. The summed E-state index contributed by atoms with van der Waals surface area (Å²) in [7, 11) is 1.55. The first-order chi connectivity index (χ1) is 15.4. The summed E-state index contributed by atoms with van der Waals surface area (Å²) in [4.78, 5) is 12.7. The Balaban J connectivity index is 2.03. The highest BCUT2D eigenvalue weighted by Crippen LogP contribution is 2.42. The molecule has 0 radical (unpaired) electrons. The van der Waals surface area contributed by atoms with Gasteiger partial charge in [0.1, 0.15) is 24.0 Å². The van der Waals surface area contributed by atoms with Crippen molar-refractivity contribution in [3.05, 3.63) is 81.9 Å². The number of methoxy groups -OCH3 is 1. The second-order valence-electron chi connectivity index (χ2n) is 7.30. The van der Waals surface area contributed by atoms with Gasteiger partial charge in [0.25, 0.3) is 0 Å². The molecular formula is C25H26N2O5. The Kier molecular flexibility index (Phi) is 7.06. The Morgan fingerprint density at radius 1 is 1.19 bits per heavy atom. The van der Waals surface area contributed by atoms with Crippen LogP contribution in [-0.4, -0.2) is 19.7 Å². The number of carbonyl (C=O) groups excluding carboxylic acids is 1. The van der Waals surface area contributed by atoms with Crippen LogP contribution in [0.25, 0.3) is 0 Å². The lowest BCUT2D eigenvalue weighted by Gasteiger charge is -2.27. The predicted octanol–water partition coefficient (Wildman–Crippen LogP) is 4.23. The van der Waals surface area contributed by atoms with Crippen LogP contribution in [0.2, 0.25) is 0 Å². The van der Waals surface area contributed by atoms with E-state index >= 15 is 0 Å². The van der Waals surface area contributed by atoms with Crippen LogP contribution in [-0.2, 0) is 20.9 Å². The summed E-state index contributed by atoms with van der Waals surface area (Å²) >= 11 is 0. The molecule has 7 nitrogen and oxygen atoms in total. The minimum Gasteiger partial charge on any atom is -0.493 e. The molecule has 0 aliphatic carbocycles. The summed E-state index contributed by atoms with van der Waals surface area (Å²) < 4.78 is 22.2. The Labute approximate surface area is 187 Å². The molecule has 0 amide bonds. The summed E-state index contributed by atoms with van der Waals surface area (Å²) in [6.45, 7) is 5.88. The van der Waals surface area contributed by atoms with E-state index in [9.17, 15) is 10.1 Å². The van der Waals surface area contributed by atoms with E-state index in [2.05, 4.69) is 6.07 Å². The monoisotopic (exact) mass is 434 g/mol. The maximum Gasteiger partial charge on any atom is 0.338 e. The number of ether oxygens (including phenoxy) is 4. The normalized spacial score (nSPS) is 15.7. The molecule has 1 aliphatic rings. The zero-order valence-electron chi connectivity index (χ0n) is 18.6. The summed E-state index contributed by atoms with van der Waals surface area (Å²) in [6, 6.07) is 15.3. The third-order valence-electron chi connectivity index (χ3n) is 5.10. The number of rotatable bonds is 7. The molecule has 0 fully saturated rings. The fourth-order valence-electron chi connectivity index (χ4n) is 3.64.